The SMILES string of the molecule is c1cnc2c(c1)ccc1ncccc12.c1cocn1. The zero-order valence-electron chi connectivity index (χ0n) is 10.1. The number of nitrogens with zero attached hydrogens (tertiary/aromatic N) is 3. The molecule has 0 aliphatic heterocycles. The molecule has 0 saturated heterocycles. The Balaban J connectivity index is 0.000000187. The molecule has 0 aliphatic rings. The third kappa shape index (κ3) is 2.42. The van der Waals surface area contributed by atoms with Crippen molar-refractivity contribution in [1.29, 1.82) is 0 Å². The predicted octanol–water partition coefficient (Wildman–Crippen LogP) is 3.46. The van der Waals surface area contributed by atoms with E-state index in [1.165, 1.54) is 12.7 Å². The fourth-order valence-electron chi connectivity index (χ4n) is 1.87. The smallest absolute Gasteiger partial charge is 0.180 e. The first-order valence-electron chi connectivity index (χ1n) is 5.86. The first-order valence-corrected chi connectivity index (χ1v) is 5.86. The average Bonchev–Trinajstić information content (AvgIpc) is 3.07. The van der Waals surface area contributed by atoms with Gasteiger partial charge in [-0.25, -0.2) is 4.98 Å². The van der Waals surface area contributed by atoms with E-state index in [-0.39, 0.29) is 0 Å². The summed E-state index contributed by atoms with van der Waals surface area (Å²) in [5.41, 5.74) is 2.02. The monoisotopic (exact) mass is 249 g/mol. The lowest BCUT2D eigenvalue weighted by atomic mass is 10.1. The topological polar surface area (TPSA) is 51.8 Å². The molecule has 0 fully saturated rings. The van der Waals surface area contributed by atoms with Crippen LogP contribution in [0.1, 0.15) is 0 Å². The van der Waals surface area contributed by atoms with Crippen LogP contribution in [0.15, 0.2) is 72.1 Å². The molecule has 0 N–H and O–H groups in total. The lowest BCUT2D eigenvalue weighted by Crippen LogP contribution is -1.82. The minimum atomic E-state index is 0.999. The van der Waals surface area contributed by atoms with E-state index < -0.39 is 0 Å². The van der Waals surface area contributed by atoms with Crippen molar-refractivity contribution in [2.45, 2.75) is 0 Å². The highest BCUT2D eigenvalue weighted by atomic mass is 16.3. The van der Waals surface area contributed by atoms with Gasteiger partial charge in [-0.3, -0.25) is 9.97 Å². The number of fused-ring (bicyclic) bond motifs is 3. The highest BCUT2D eigenvalue weighted by Crippen LogP contribution is 2.20. The maximum Gasteiger partial charge on any atom is 0.180 e. The number of aromatic nitrogens is 3. The van der Waals surface area contributed by atoms with Crippen molar-refractivity contribution < 1.29 is 4.42 Å². The minimum Gasteiger partial charge on any atom is -0.452 e. The number of hydrogen-bond acceptors (Lipinski definition) is 4. The normalized spacial score (nSPS) is 10.1. The highest BCUT2D eigenvalue weighted by molar-refractivity contribution is 6.03. The number of hydrogen-bond donors (Lipinski definition) is 0. The van der Waals surface area contributed by atoms with E-state index in [1.54, 1.807) is 12.4 Å². The molecule has 0 amide bonds. The summed E-state index contributed by atoms with van der Waals surface area (Å²) in [4.78, 5) is 12.2. The summed E-state index contributed by atoms with van der Waals surface area (Å²) in [6.07, 6.45) is 8.09. The zero-order valence-corrected chi connectivity index (χ0v) is 10.1. The lowest BCUT2D eigenvalue weighted by molar-refractivity contribution is 0.558. The molecule has 4 heteroatoms. The van der Waals surface area contributed by atoms with Gasteiger partial charge in [0.25, 0.3) is 0 Å². The Bertz CT molecular complexity index is 710. The van der Waals surface area contributed by atoms with Crippen LogP contribution in [0, 0.1) is 0 Å². The number of rotatable bonds is 0. The van der Waals surface area contributed by atoms with Crippen LogP contribution in [0.4, 0.5) is 0 Å². The van der Waals surface area contributed by atoms with Crippen molar-refractivity contribution in [1.82, 2.24) is 15.0 Å². The second-order valence-corrected chi connectivity index (χ2v) is 3.89. The molecule has 4 nitrogen and oxygen atoms in total. The molecule has 3 heterocycles. The number of benzene rings is 1. The molecule has 4 rings (SSSR count). The van der Waals surface area contributed by atoms with E-state index in [1.807, 2.05) is 24.4 Å². The first-order chi connectivity index (χ1) is 9.45. The standard InChI is InChI=1S/C12H8N2.C3H3NO/c1-3-9-5-6-11-10(4-2-7-13-11)12(9)14-8-1;1-2-5-3-4-1/h1-8H;1-3H. The molecular weight excluding hydrogens is 238 g/mol. The summed E-state index contributed by atoms with van der Waals surface area (Å²) < 4.78 is 4.47. The Labute approximate surface area is 109 Å². The second-order valence-electron chi connectivity index (χ2n) is 3.89. The summed E-state index contributed by atoms with van der Waals surface area (Å²) >= 11 is 0. The Morgan fingerprint density at radius 1 is 0.842 bits per heavy atom. The zero-order chi connectivity index (χ0) is 12.9. The van der Waals surface area contributed by atoms with Gasteiger partial charge in [0.15, 0.2) is 6.39 Å². The van der Waals surface area contributed by atoms with Gasteiger partial charge in [0, 0.05) is 23.2 Å². The highest BCUT2D eigenvalue weighted by Gasteiger charge is 1.99. The van der Waals surface area contributed by atoms with Crippen LogP contribution in [0.2, 0.25) is 0 Å². The Morgan fingerprint density at radius 3 is 2.53 bits per heavy atom. The summed E-state index contributed by atoms with van der Waals surface area (Å²) in [6.45, 7) is 0. The van der Waals surface area contributed by atoms with Crippen molar-refractivity contribution in [3.63, 3.8) is 0 Å². The molecule has 4 aromatic rings. The molecule has 19 heavy (non-hydrogen) atoms. The fourth-order valence-corrected chi connectivity index (χ4v) is 1.87. The summed E-state index contributed by atoms with van der Waals surface area (Å²) in [7, 11) is 0. The van der Waals surface area contributed by atoms with E-state index in [0.717, 1.165) is 21.8 Å². The van der Waals surface area contributed by atoms with Crippen molar-refractivity contribution in [3.05, 3.63) is 67.6 Å². The average molecular weight is 249 g/mol. The van der Waals surface area contributed by atoms with Crippen LogP contribution in [-0.4, -0.2) is 15.0 Å². The number of pyridine rings is 2. The third-order valence-electron chi connectivity index (χ3n) is 2.70. The molecule has 0 aliphatic carbocycles. The molecular formula is C15H11N3O. The van der Waals surface area contributed by atoms with Crippen LogP contribution in [-0.2, 0) is 0 Å². The molecule has 0 unspecified atom stereocenters. The van der Waals surface area contributed by atoms with Gasteiger partial charge in [0.2, 0.25) is 0 Å². The van der Waals surface area contributed by atoms with Gasteiger partial charge in [-0.2, -0.15) is 0 Å². The number of oxazole rings is 1. The second kappa shape index (κ2) is 5.27. The predicted molar refractivity (Wildman–Crippen MR) is 73.5 cm³/mol. The minimum absolute atomic E-state index is 0.999. The molecule has 92 valence electrons. The van der Waals surface area contributed by atoms with E-state index in [0.29, 0.717) is 0 Å². The van der Waals surface area contributed by atoms with Gasteiger partial charge >= 0.3 is 0 Å². The largest absolute Gasteiger partial charge is 0.452 e. The molecule has 0 atom stereocenters. The van der Waals surface area contributed by atoms with Gasteiger partial charge in [-0.1, -0.05) is 12.1 Å². The van der Waals surface area contributed by atoms with Crippen molar-refractivity contribution in [2.24, 2.45) is 0 Å². The molecule has 0 saturated carbocycles. The van der Waals surface area contributed by atoms with Crippen molar-refractivity contribution in [3.8, 4) is 0 Å². The molecule has 3 aromatic heterocycles. The molecule has 1 aromatic carbocycles. The lowest BCUT2D eigenvalue weighted by Gasteiger charge is -2.00. The Morgan fingerprint density at radius 2 is 1.74 bits per heavy atom. The molecule has 0 radical (unpaired) electrons. The maximum atomic E-state index is 4.47. The van der Waals surface area contributed by atoms with Crippen LogP contribution >= 0.6 is 0 Å². The van der Waals surface area contributed by atoms with E-state index in [2.05, 4.69) is 37.6 Å². The van der Waals surface area contributed by atoms with Crippen LogP contribution in [0.5, 0.6) is 0 Å². The van der Waals surface area contributed by atoms with Gasteiger partial charge < -0.3 is 4.42 Å². The van der Waals surface area contributed by atoms with Gasteiger partial charge in [0.05, 0.1) is 17.2 Å². The van der Waals surface area contributed by atoms with Crippen LogP contribution in [0.25, 0.3) is 21.8 Å². The van der Waals surface area contributed by atoms with Crippen LogP contribution in [0.3, 0.4) is 0 Å². The van der Waals surface area contributed by atoms with Crippen LogP contribution < -0.4 is 0 Å². The van der Waals surface area contributed by atoms with E-state index in [9.17, 15) is 0 Å². The fraction of sp³-hybridized carbons (Fsp3) is 0. The molecule has 0 spiro atoms. The summed E-state index contributed by atoms with van der Waals surface area (Å²) in [5.74, 6) is 0. The van der Waals surface area contributed by atoms with Gasteiger partial charge in [-0.05, 0) is 24.3 Å². The summed E-state index contributed by atoms with van der Waals surface area (Å²) in [6, 6.07) is 12.1. The maximum absolute atomic E-state index is 4.47. The third-order valence-corrected chi connectivity index (χ3v) is 2.70. The van der Waals surface area contributed by atoms with E-state index >= 15 is 0 Å². The summed E-state index contributed by atoms with van der Waals surface area (Å²) in [5, 5.41) is 2.28. The van der Waals surface area contributed by atoms with E-state index in [4.69, 9.17) is 0 Å². The first kappa shape index (κ1) is 11.3. The van der Waals surface area contributed by atoms with Crippen molar-refractivity contribution >= 4 is 21.8 Å². The van der Waals surface area contributed by atoms with Gasteiger partial charge in [0.1, 0.15) is 6.26 Å². The van der Waals surface area contributed by atoms with Crippen molar-refractivity contribution in [2.75, 3.05) is 0 Å². The molecule has 0 bridgehead atoms. The quantitative estimate of drug-likeness (QED) is 0.448. The van der Waals surface area contributed by atoms with Gasteiger partial charge in [-0.15, -0.1) is 0 Å². The Kier molecular flexibility index (Phi) is 3.14. The Hall–Kier alpha value is -2.75.